The van der Waals surface area contributed by atoms with Crippen molar-refractivity contribution >= 4 is 23.3 Å². The van der Waals surface area contributed by atoms with Gasteiger partial charge < -0.3 is 19.6 Å². The number of ether oxygens (including phenoxy) is 1. The summed E-state index contributed by atoms with van der Waals surface area (Å²) in [5, 5.41) is 11.4. The molecule has 2 aliphatic rings. The van der Waals surface area contributed by atoms with E-state index in [-0.39, 0.29) is 12.1 Å². The Morgan fingerprint density at radius 2 is 2.24 bits per heavy atom. The lowest BCUT2D eigenvalue weighted by atomic mass is 10.0. The number of carbonyl (C=O) groups is 2. The largest absolute Gasteiger partial charge is 0.479 e. The van der Waals surface area contributed by atoms with Gasteiger partial charge in [-0.2, -0.15) is 0 Å². The third-order valence-electron chi connectivity index (χ3n) is 3.96. The van der Waals surface area contributed by atoms with Crippen LogP contribution in [0.15, 0.2) is 11.4 Å². The highest BCUT2D eigenvalue weighted by molar-refractivity contribution is 7.10. The number of urea groups is 1. The second-order valence-electron chi connectivity index (χ2n) is 5.39. The van der Waals surface area contributed by atoms with E-state index in [1.54, 1.807) is 16.2 Å². The monoisotopic (exact) mass is 310 g/mol. The summed E-state index contributed by atoms with van der Waals surface area (Å²) < 4.78 is 5.44. The lowest BCUT2D eigenvalue weighted by Crippen LogP contribution is -2.53. The number of thiophene rings is 1. The molecule has 0 spiro atoms. The van der Waals surface area contributed by atoms with E-state index in [0.717, 1.165) is 16.9 Å². The van der Waals surface area contributed by atoms with Crippen LogP contribution in [-0.2, 0) is 16.0 Å². The van der Waals surface area contributed by atoms with E-state index in [2.05, 4.69) is 0 Å². The van der Waals surface area contributed by atoms with E-state index in [9.17, 15) is 14.7 Å². The van der Waals surface area contributed by atoms with Gasteiger partial charge in [0.2, 0.25) is 0 Å². The van der Waals surface area contributed by atoms with E-state index in [1.807, 2.05) is 18.4 Å². The van der Waals surface area contributed by atoms with Crippen molar-refractivity contribution in [3.05, 3.63) is 21.9 Å². The Hall–Kier alpha value is -1.60. The Labute approximate surface area is 126 Å². The molecule has 1 aromatic heterocycles. The zero-order valence-electron chi connectivity index (χ0n) is 11.8. The first-order chi connectivity index (χ1) is 10.1. The third-order valence-corrected chi connectivity index (χ3v) is 4.95. The van der Waals surface area contributed by atoms with Crippen LogP contribution in [0.3, 0.4) is 0 Å². The standard InChI is InChI=1S/C14H18N2O4S/c1-9-8-15(5-6-20-9)14(19)16-4-2-11-10(3-7-21-11)12(16)13(17)18/h3,7,9,12H,2,4-6,8H2,1H3,(H,17,18). The zero-order valence-corrected chi connectivity index (χ0v) is 12.6. The minimum Gasteiger partial charge on any atom is -0.479 e. The van der Waals surface area contributed by atoms with Crippen LogP contribution in [0, 0.1) is 0 Å². The molecular formula is C14H18N2O4S. The maximum atomic E-state index is 12.7. The summed E-state index contributed by atoms with van der Waals surface area (Å²) in [6.45, 7) is 3.90. The van der Waals surface area contributed by atoms with Crippen molar-refractivity contribution in [3.63, 3.8) is 0 Å². The summed E-state index contributed by atoms with van der Waals surface area (Å²) in [4.78, 5) is 28.6. The molecule has 1 saturated heterocycles. The number of morpholine rings is 1. The average molecular weight is 310 g/mol. The number of carbonyl (C=O) groups excluding carboxylic acids is 1. The quantitative estimate of drug-likeness (QED) is 0.855. The minimum atomic E-state index is -0.969. The summed E-state index contributed by atoms with van der Waals surface area (Å²) >= 11 is 1.56. The molecule has 2 atom stereocenters. The molecule has 114 valence electrons. The van der Waals surface area contributed by atoms with E-state index < -0.39 is 12.0 Å². The highest BCUT2D eigenvalue weighted by Crippen LogP contribution is 2.34. The Bertz CT molecular complexity index is 559. The molecule has 2 aliphatic heterocycles. The van der Waals surface area contributed by atoms with Crippen molar-refractivity contribution in [2.24, 2.45) is 0 Å². The van der Waals surface area contributed by atoms with Crippen molar-refractivity contribution in [2.45, 2.75) is 25.5 Å². The molecule has 7 heteroatoms. The average Bonchev–Trinajstić information content (AvgIpc) is 2.93. The Morgan fingerprint density at radius 3 is 2.95 bits per heavy atom. The van der Waals surface area contributed by atoms with Crippen LogP contribution < -0.4 is 0 Å². The topological polar surface area (TPSA) is 70.1 Å². The second-order valence-corrected chi connectivity index (χ2v) is 6.39. The summed E-state index contributed by atoms with van der Waals surface area (Å²) in [6, 6.07) is 0.750. The number of fused-ring (bicyclic) bond motifs is 1. The molecule has 3 rings (SSSR count). The van der Waals surface area contributed by atoms with Gasteiger partial charge in [-0.05, 0) is 30.4 Å². The van der Waals surface area contributed by atoms with Gasteiger partial charge in [0.1, 0.15) is 0 Å². The van der Waals surface area contributed by atoms with Gasteiger partial charge in [0.15, 0.2) is 6.04 Å². The molecule has 6 nitrogen and oxygen atoms in total. The van der Waals surface area contributed by atoms with Gasteiger partial charge >= 0.3 is 12.0 Å². The van der Waals surface area contributed by atoms with E-state index in [0.29, 0.717) is 26.2 Å². The predicted octanol–water partition coefficient (Wildman–Crippen LogP) is 1.57. The molecule has 1 fully saturated rings. The number of hydrogen-bond acceptors (Lipinski definition) is 4. The Kier molecular flexibility index (Phi) is 3.86. The van der Waals surface area contributed by atoms with Gasteiger partial charge in [-0.3, -0.25) is 0 Å². The third kappa shape index (κ3) is 2.63. The van der Waals surface area contributed by atoms with Crippen LogP contribution >= 0.6 is 11.3 Å². The number of hydrogen-bond donors (Lipinski definition) is 1. The molecular weight excluding hydrogens is 292 g/mol. The van der Waals surface area contributed by atoms with E-state index in [1.165, 1.54) is 4.90 Å². The maximum Gasteiger partial charge on any atom is 0.331 e. The number of rotatable bonds is 1. The first-order valence-corrected chi connectivity index (χ1v) is 7.92. The normalized spacial score (nSPS) is 25.6. The summed E-state index contributed by atoms with van der Waals surface area (Å²) in [7, 11) is 0. The van der Waals surface area contributed by atoms with Crippen molar-refractivity contribution < 1.29 is 19.4 Å². The first-order valence-electron chi connectivity index (χ1n) is 7.04. The van der Waals surface area contributed by atoms with Crippen LogP contribution in [0.1, 0.15) is 23.4 Å². The molecule has 0 radical (unpaired) electrons. The molecule has 0 aliphatic carbocycles. The fourth-order valence-electron chi connectivity index (χ4n) is 2.96. The smallest absolute Gasteiger partial charge is 0.331 e. The lowest BCUT2D eigenvalue weighted by molar-refractivity contribution is -0.143. The summed E-state index contributed by atoms with van der Waals surface area (Å²) in [5.74, 6) is -0.969. The fraction of sp³-hybridized carbons (Fsp3) is 0.571. The molecule has 0 aromatic carbocycles. The molecule has 0 saturated carbocycles. The molecule has 3 heterocycles. The highest BCUT2D eigenvalue weighted by Gasteiger charge is 2.39. The molecule has 2 unspecified atom stereocenters. The maximum absolute atomic E-state index is 12.7. The summed E-state index contributed by atoms with van der Waals surface area (Å²) in [6.07, 6.45) is 0.718. The van der Waals surface area contributed by atoms with Crippen LogP contribution in [-0.4, -0.2) is 59.3 Å². The van der Waals surface area contributed by atoms with Crippen molar-refractivity contribution in [2.75, 3.05) is 26.2 Å². The van der Waals surface area contributed by atoms with Gasteiger partial charge in [-0.15, -0.1) is 11.3 Å². The van der Waals surface area contributed by atoms with Gasteiger partial charge in [-0.1, -0.05) is 0 Å². The van der Waals surface area contributed by atoms with Crippen LogP contribution in [0.25, 0.3) is 0 Å². The van der Waals surface area contributed by atoms with Crippen molar-refractivity contribution in [3.8, 4) is 0 Å². The zero-order chi connectivity index (χ0) is 15.0. The number of carboxylic acid groups (broad SMARTS) is 1. The van der Waals surface area contributed by atoms with E-state index in [4.69, 9.17) is 4.74 Å². The molecule has 0 bridgehead atoms. The second kappa shape index (κ2) is 5.65. The Balaban J connectivity index is 1.84. The lowest BCUT2D eigenvalue weighted by Gasteiger charge is -2.39. The number of nitrogens with zero attached hydrogens (tertiary/aromatic N) is 2. The fourth-order valence-corrected chi connectivity index (χ4v) is 3.87. The minimum absolute atomic E-state index is 0.00697. The SMILES string of the molecule is CC1CN(C(=O)N2CCc3sccc3C2C(=O)O)CCO1. The number of amides is 2. The molecule has 1 N–H and O–H groups in total. The highest BCUT2D eigenvalue weighted by atomic mass is 32.1. The van der Waals surface area contributed by atoms with Gasteiger partial charge in [0.05, 0.1) is 12.7 Å². The number of carboxylic acids is 1. The Morgan fingerprint density at radius 1 is 1.43 bits per heavy atom. The van der Waals surface area contributed by atoms with Gasteiger partial charge in [-0.25, -0.2) is 9.59 Å². The number of aliphatic carboxylic acids is 1. The van der Waals surface area contributed by atoms with Gasteiger partial charge in [0.25, 0.3) is 0 Å². The van der Waals surface area contributed by atoms with E-state index >= 15 is 0 Å². The molecule has 1 aromatic rings. The molecule has 21 heavy (non-hydrogen) atoms. The first kappa shape index (κ1) is 14.3. The predicted molar refractivity (Wildman–Crippen MR) is 77.5 cm³/mol. The van der Waals surface area contributed by atoms with Crippen molar-refractivity contribution in [1.82, 2.24) is 9.80 Å². The van der Waals surface area contributed by atoms with Gasteiger partial charge in [0, 0.05) is 24.5 Å². The molecule has 2 amide bonds. The van der Waals surface area contributed by atoms with Crippen LogP contribution in [0.2, 0.25) is 0 Å². The van der Waals surface area contributed by atoms with Crippen LogP contribution in [0.5, 0.6) is 0 Å². The van der Waals surface area contributed by atoms with Crippen LogP contribution in [0.4, 0.5) is 4.79 Å². The summed E-state index contributed by atoms with van der Waals surface area (Å²) in [5.41, 5.74) is 0.758. The van der Waals surface area contributed by atoms with Crippen molar-refractivity contribution in [1.29, 1.82) is 0 Å².